The lowest BCUT2D eigenvalue weighted by molar-refractivity contribution is -0.0498. The predicted octanol–water partition coefficient (Wildman–Crippen LogP) is 4.13. The van der Waals surface area contributed by atoms with Crippen molar-refractivity contribution in [3.63, 3.8) is 0 Å². The van der Waals surface area contributed by atoms with Crippen molar-refractivity contribution in [3.05, 3.63) is 65.5 Å². The maximum absolute atomic E-state index is 13.0. The molecular weight excluding hydrogens is 279 g/mol. The predicted molar refractivity (Wildman–Crippen MR) is 75.0 cm³/mol. The molecule has 0 amide bonds. The van der Waals surface area contributed by atoms with Gasteiger partial charge in [0.2, 0.25) is 0 Å². The Kier molecular flexibility index (Phi) is 5.22. The van der Waals surface area contributed by atoms with E-state index < -0.39 is 6.61 Å². The Labute approximate surface area is 121 Å². The van der Waals surface area contributed by atoms with Gasteiger partial charge >= 0.3 is 6.61 Å². The van der Waals surface area contributed by atoms with Gasteiger partial charge in [-0.2, -0.15) is 8.78 Å². The van der Waals surface area contributed by atoms with Crippen LogP contribution in [-0.4, -0.2) is 13.2 Å². The quantitative estimate of drug-likeness (QED) is 0.865. The topological polar surface area (TPSA) is 21.3 Å². The Bertz CT molecular complexity index is 572. The van der Waals surface area contributed by atoms with Crippen LogP contribution < -0.4 is 10.1 Å². The number of halogens is 3. The summed E-state index contributed by atoms with van der Waals surface area (Å²) >= 11 is 0. The van der Waals surface area contributed by atoms with E-state index in [4.69, 9.17) is 0 Å². The molecule has 2 nitrogen and oxygen atoms in total. The van der Waals surface area contributed by atoms with Gasteiger partial charge in [-0.25, -0.2) is 4.39 Å². The van der Waals surface area contributed by atoms with E-state index in [0.717, 1.165) is 11.1 Å². The lowest BCUT2D eigenvalue weighted by Gasteiger charge is -2.19. The maximum Gasteiger partial charge on any atom is 0.387 e. The van der Waals surface area contributed by atoms with Crippen LogP contribution in [-0.2, 0) is 0 Å². The summed E-state index contributed by atoms with van der Waals surface area (Å²) in [6.07, 6.45) is 0. The fourth-order valence-corrected chi connectivity index (χ4v) is 2.16. The van der Waals surface area contributed by atoms with Gasteiger partial charge in [-0.3, -0.25) is 0 Å². The molecule has 1 N–H and O–H groups in total. The Morgan fingerprint density at radius 3 is 2.38 bits per heavy atom. The first kappa shape index (κ1) is 15.4. The van der Waals surface area contributed by atoms with Crippen LogP contribution in [0.5, 0.6) is 5.75 Å². The Morgan fingerprint density at radius 1 is 1.05 bits per heavy atom. The number of alkyl halides is 2. The number of ether oxygens (including phenoxy) is 1. The van der Waals surface area contributed by atoms with Gasteiger partial charge in [-0.15, -0.1) is 0 Å². The van der Waals surface area contributed by atoms with Gasteiger partial charge in [0.05, 0.1) is 6.04 Å². The van der Waals surface area contributed by atoms with E-state index in [1.165, 1.54) is 18.2 Å². The first-order valence-electron chi connectivity index (χ1n) is 6.63. The number of hydrogen-bond donors (Lipinski definition) is 1. The monoisotopic (exact) mass is 295 g/mol. The Balaban J connectivity index is 2.31. The fourth-order valence-electron chi connectivity index (χ4n) is 2.16. The van der Waals surface area contributed by atoms with Crippen molar-refractivity contribution in [2.45, 2.75) is 19.6 Å². The third-order valence-electron chi connectivity index (χ3n) is 3.03. The van der Waals surface area contributed by atoms with Gasteiger partial charge in [0.1, 0.15) is 11.6 Å². The highest BCUT2D eigenvalue weighted by Crippen LogP contribution is 2.26. The highest BCUT2D eigenvalue weighted by atomic mass is 19.3. The molecule has 0 aliphatic carbocycles. The average molecular weight is 295 g/mol. The summed E-state index contributed by atoms with van der Waals surface area (Å²) in [5.41, 5.74) is 1.63. The van der Waals surface area contributed by atoms with E-state index in [0.29, 0.717) is 6.54 Å². The molecule has 0 saturated heterocycles. The van der Waals surface area contributed by atoms with Crippen molar-refractivity contribution in [1.82, 2.24) is 5.32 Å². The standard InChI is InChI=1S/C16H16F3NO/c1-2-20-15(11-6-8-13(17)9-7-11)12-4-3-5-14(10-12)21-16(18)19/h3-10,15-16,20H,2H2,1H3. The molecule has 0 heterocycles. The van der Waals surface area contributed by atoms with Gasteiger partial charge in [0.25, 0.3) is 0 Å². The molecule has 0 saturated carbocycles. The Hall–Kier alpha value is -2.01. The normalized spacial score (nSPS) is 12.4. The minimum absolute atomic E-state index is 0.104. The van der Waals surface area contributed by atoms with Crippen LogP contribution in [0.25, 0.3) is 0 Å². The van der Waals surface area contributed by atoms with Gasteiger partial charge in [-0.05, 0) is 41.9 Å². The highest BCUT2D eigenvalue weighted by molar-refractivity contribution is 5.36. The van der Waals surface area contributed by atoms with Crippen LogP contribution in [0.1, 0.15) is 24.1 Å². The van der Waals surface area contributed by atoms with Crippen molar-refractivity contribution in [2.75, 3.05) is 6.54 Å². The molecular formula is C16H16F3NO. The van der Waals surface area contributed by atoms with Crippen molar-refractivity contribution >= 4 is 0 Å². The zero-order valence-corrected chi connectivity index (χ0v) is 11.5. The molecule has 2 aromatic carbocycles. The first-order valence-corrected chi connectivity index (χ1v) is 6.63. The SMILES string of the molecule is CCNC(c1ccc(F)cc1)c1cccc(OC(F)F)c1. The molecule has 0 radical (unpaired) electrons. The molecule has 2 aromatic rings. The molecule has 0 aliphatic rings. The zero-order chi connectivity index (χ0) is 15.2. The third kappa shape index (κ3) is 4.23. The van der Waals surface area contributed by atoms with Crippen molar-refractivity contribution in [3.8, 4) is 5.75 Å². The van der Waals surface area contributed by atoms with Crippen LogP contribution in [0.4, 0.5) is 13.2 Å². The van der Waals surface area contributed by atoms with Gasteiger partial charge < -0.3 is 10.1 Å². The lowest BCUT2D eigenvalue weighted by atomic mass is 9.98. The van der Waals surface area contributed by atoms with Crippen LogP contribution >= 0.6 is 0 Å². The lowest BCUT2D eigenvalue weighted by Crippen LogP contribution is -2.22. The zero-order valence-electron chi connectivity index (χ0n) is 11.5. The van der Waals surface area contributed by atoms with E-state index in [1.54, 1.807) is 24.3 Å². The summed E-state index contributed by atoms with van der Waals surface area (Å²) in [6.45, 7) is -0.235. The molecule has 0 fully saturated rings. The number of nitrogens with one attached hydrogen (secondary N) is 1. The smallest absolute Gasteiger partial charge is 0.387 e. The van der Waals surface area contributed by atoms with E-state index >= 15 is 0 Å². The third-order valence-corrected chi connectivity index (χ3v) is 3.03. The molecule has 2 rings (SSSR count). The molecule has 21 heavy (non-hydrogen) atoms. The summed E-state index contributed by atoms with van der Waals surface area (Å²) in [7, 11) is 0. The van der Waals surface area contributed by atoms with E-state index in [2.05, 4.69) is 10.1 Å². The summed E-state index contributed by atoms with van der Waals surface area (Å²) in [5, 5.41) is 3.25. The van der Waals surface area contributed by atoms with E-state index in [1.807, 2.05) is 13.0 Å². The average Bonchev–Trinajstić information content (AvgIpc) is 2.45. The van der Waals surface area contributed by atoms with Crippen LogP contribution in [0.15, 0.2) is 48.5 Å². The number of hydrogen-bond acceptors (Lipinski definition) is 2. The van der Waals surface area contributed by atoms with Crippen LogP contribution in [0, 0.1) is 5.82 Å². The summed E-state index contributed by atoms with van der Waals surface area (Å²) in [6, 6.07) is 12.4. The molecule has 1 atom stereocenters. The molecule has 1 unspecified atom stereocenters. The van der Waals surface area contributed by atoms with Gasteiger partial charge in [-0.1, -0.05) is 31.2 Å². The molecule has 0 bridgehead atoms. The molecule has 5 heteroatoms. The second-order valence-corrected chi connectivity index (χ2v) is 4.49. The molecule has 0 aromatic heterocycles. The second-order valence-electron chi connectivity index (χ2n) is 4.49. The maximum atomic E-state index is 13.0. The Morgan fingerprint density at radius 2 is 1.76 bits per heavy atom. The largest absolute Gasteiger partial charge is 0.435 e. The summed E-state index contributed by atoms with van der Waals surface area (Å²) < 4.78 is 42.0. The number of benzene rings is 2. The molecule has 0 aliphatic heterocycles. The van der Waals surface area contributed by atoms with Gasteiger partial charge in [0.15, 0.2) is 0 Å². The fraction of sp³-hybridized carbons (Fsp3) is 0.250. The van der Waals surface area contributed by atoms with E-state index in [-0.39, 0.29) is 17.6 Å². The van der Waals surface area contributed by atoms with Crippen LogP contribution in [0.2, 0.25) is 0 Å². The van der Waals surface area contributed by atoms with E-state index in [9.17, 15) is 13.2 Å². The molecule has 0 spiro atoms. The highest BCUT2D eigenvalue weighted by Gasteiger charge is 2.14. The summed E-state index contributed by atoms with van der Waals surface area (Å²) in [4.78, 5) is 0. The minimum atomic E-state index is -2.86. The van der Waals surface area contributed by atoms with Crippen molar-refractivity contribution in [1.29, 1.82) is 0 Å². The first-order chi connectivity index (χ1) is 10.1. The van der Waals surface area contributed by atoms with Crippen molar-refractivity contribution < 1.29 is 17.9 Å². The summed E-state index contributed by atoms with van der Waals surface area (Å²) in [5.74, 6) is -0.212. The molecule has 112 valence electrons. The minimum Gasteiger partial charge on any atom is -0.435 e. The second kappa shape index (κ2) is 7.13. The van der Waals surface area contributed by atoms with Crippen LogP contribution in [0.3, 0.4) is 0 Å². The van der Waals surface area contributed by atoms with Gasteiger partial charge in [0, 0.05) is 0 Å². The van der Waals surface area contributed by atoms with Crippen molar-refractivity contribution in [2.24, 2.45) is 0 Å². The number of rotatable bonds is 6.